The number of hydrogen-bond acceptors (Lipinski definition) is 4. The molecule has 0 fully saturated rings. The Morgan fingerprint density at radius 2 is 2.14 bits per heavy atom. The van der Waals surface area contributed by atoms with E-state index in [2.05, 4.69) is 10.3 Å². The van der Waals surface area contributed by atoms with Crippen LogP contribution in [0.4, 0.5) is 5.82 Å². The van der Waals surface area contributed by atoms with Crippen LogP contribution in [0.5, 0.6) is 0 Å². The van der Waals surface area contributed by atoms with Crippen LogP contribution in [0.2, 0.25) is 0 Å². The molecule has 1 atom stereocenters. The monoisotopic (exact) mass is 315 g/mol. The molecular formula is C16H17N3O2S. The molecule has 114 valence electrons. The molecule has 1 N–H and O–H groups in total. The first-order valence-corrected chi connectivity index (χ1v) is 8.25. The topological polar surface area (TPSA) is 64.0 Å². The summed E-state index contributed by atoms with van der Waals surface area (Å²) in [6.07, 6.45) is 2.13. The van der Waals surface area contributed by atoms with Crippen LogP contribution in [-0.4, -0.2) is 21.7 Å². The predicted molar refractivity (Wildman–Crippen MR) is 87.5 cm³/mol. The Balaban J connectivity index is 2.24. The van der Waals surface area contributed by atoms with Crippen LogP contribution in [0.15, 0.2) is 34.2 Å². The number of thioether (sulfide) groups is 1. The summed E-state index contributed by atoms with van der Waals surface area (Å²) in [5, 5.41) is 3.42. The maximum absolute atomic E-state index is 12.5. The summed E-state index contributed by atoms with van der Waals surface area (Å²) in [7, 11) is 1.82. The first-order valence-electron chi connectivity index (χ1n) is 7.02. The quantitative estimate of drug-likeness (QED) is 0.682. The molecule has 0 unspecified atom stereocenters. The number of rotatable bonds is 2. The number of aromatic nitrogens is 2. The Hall–Kier alpha value is -2.08. The number of benzene rings is 1. The largest absolute Gasteiger partial charge is 0.312 e. The molecular weight excluding hydrogens is 298 g/mol. The summed E-state index contributed by atoms with van der Waals surface area (Å²) < 4.78 is 1.78. The van der Waals surface area contributed by atoms with Gasteiger partial charge in [-0.25, -0.2) is 0 Å². The van der Waals surface area contributed by atoms with Crippen molar-refractivity contribution in [2.75, 3.05) is 11.6 Å². The Kier molecular flexibility index (Phi) is 3.78. The van der Waals surface area contributed by atoms with Crippen LogP contribution in [0.25, 0.3) is 0 Å². The van der Waals surface area contributed by atoms with Gasteiger partial charge in [-0.3, -0.25) is 9.59 Å². The van der Waals surface area contributed by atoms with Crippen molar-refractivity contribution in [2.24, 2.45) is 7.05 Å². The van der Waals surface area contributed by atoms with Gasteiger partial charge in [-0.05, 0) is 18.7 Å². The highest BCUT2D eigenvalue weighted by molar-refractivity contribution is 7.98. The number of aryl methyl sites for hydroxylation is 1. The Bertz CT molecular complexity index is 814. The molecule has 2 aromatic rings. The predicted octanol–water partition coefficient (Wildman–Crippen LogP) is 2.28. The van der Waals surface area contributed by atoms with Crippen LogP contribution in [0.3, 0.4) is 0 Å². The lowest BCUT2D eigenvalue weighted by molar-refractivity contribution is -0.116. The highest BCUT2D eigenvalue weighted by Crippen LogP contribution is 2.35. The standard InChI is InChI=1S/C16H17N3O2S/c1-9-5-4-6-10(7-9)11-8-12(20)17-14-13(11)15(21)18-16(22-3)19(14)2/h4-7,11H,8H2,1-3H3,(H,17,20)/t11-/m0/s1. The summed E-state index contributed by atoms with van der Waals surface area (Å²) in [4.78, 5) is 28.7. The highest BCUT2D eigenvalue weighted by Gasteiger charge is 2.31. The van der Waals surface area contributed by atoms with Gasteiger partial charge < -0.3 is 9.88 Å². The second-order valence-corrected chi connectivity index (χ2v) is 6.22. The minimum atomic E-state index is -0.260. The zero-order valence-electron chi connectivity index (χ0n) is 12.7. The van der Waals surface area contributed by atoms with Crippen LogP contribution >= 0.6 is 11.8 Å². The van der Waals surface area contributed by atoms with E-state index in [1.165, 1.54) is 11.8 Å². The molecule has 1 amide bonds. The first kappa shape index (κ1) is 14.8. The van der Waals surface area contributed by atoms with Crippen molar-refractivity contribution in [1.82, 2.24) is 9.55 Å². The van der Waals surface area contributed by atoms with E-state index >= 15 is 0 Å². The number of fused-ring (bicyclic) bond motifs is 1. The van der Waals surface area contributed by atoms with Crippen molar-refractivity contribution in [3.05, 3.63) is 51.3 Å². The number of carbonyl (C=O) groups excluding carboxylic acids is 1. The molecule has 22 heavy (non-hydrogen) atoms. The summed E-state index contributed by atoms with van der Waals surface area (Å²) >= 11 is 1.38. The third-order valence-corrected chi connectivity index (χ3v) is 4.66. The minimum absolute atomic E-state index is 0.0766. The van der Waals surface area contributed by atoms with Gasteiger partial charge in [-0.2, -0.15) is 4.98 Å². The normalized spacial score (nSPS) is 17.0. The average molecular weight is 315 g/mol. The van der Waals surface area contributed by atoms with Gasteiger partial charge in [0.25, 0.3) is 5.56 Å². The van der Waals surface area contributed by atoms with E-state index in [0.717, 1.165) is 11.1 Å². The molecule has 1 aromatic heterocycles. The molecule has 0 saturated heterocycles. The Labute approximate surface area is 132 Å². The lowest BCUT2D eigenvalue weighted by atomic mass is 9.86. The van der Waals surface area contributed by atoms with E-state index in [1.54, 1.807) is 4.57 Å². The van der Waals surface area contributed by atoms with Crippen LogP contribution in [-0.2, 0) is 11.8 Å². The number of nitrogens with one attached hydrogen (secondary N) is 1. The van der Waals surface area contributed by atoms with Crippen molar-refractivity contribution in [3.63, 3.8) is 0 Å². The van der Waals surface area contributed by atoms with Gasteiger partial charge >= 0.3 is 0 Å². The van der Waals surface area contributed by atoms with Crippen molar-refractivity contribution >= 4 is 23.5 Å². The highest BCUT2D eigenvalue weighted by atomic mass is 32.2. The van der Waals surface area contributed by atoms with Crippen molar-refractivity contribution in [3.8, 4) is 0 Å². The molecule has 0 radical (unpaired) electrons. The molecule has 6 heteroatoms. The van der Waals surface area contributed by atoms with Crippen LogP contribution in [0, 0.1) is 6.92 Å². The lowest BCUT2D eigenvalue weighted by Gasteiger charge is -2.27. The summed E-state index contributed by atoms with van der Waals surface area (Å²) in [5.41, 5.74) is 2.40. The smallest absolute Gasteiger partial charge is 0.279 e. The molecule has 1 aromatic carbocycles. The van der Waals surface area contributed by atoms with E-state index < -0.39 is 0 Å². The van der Waals surface area contributed by atoms with Gasteiger partial charge in [0.2, 0.25) is 5.91 Å². The summed E-state index contributed by atoms with van der Waals surface area (Å²) in [6, 6.07) is 7.93. The SMILES string of the molecule is CSc1nc(=O)c2c(n1C)NC(=O)C[C@H]2c1cccc(C)c1. The van der Waals surface area contributed by atoms with Crippen LogP contribution < -0.4 is 10.9 Å². The van der Waals surface area contributed by atoms with E-state index in [1.807, 2.05) is 44.5 Å². The Morgan fingerprint density at radius 1 is 1.36 bits per heavy atom. The third-order valence-electron chi connectivity index (χ3n) is 3.93. The zero-order valence-corrected chi connectivity index (χ0v) is 13.5. The molecule has 5 nitrogen and oxygen atoms in total. The van der Waals surface area contributed by atoms with Gasteiger partial charge in [0.15, 0.2) is 5.16 Å². The van der Waals surface area contributed by atoms with Crippen molar-refractivity contribution in [1.29, 1.82) is 0 Å². The summed E-state index contributed by atoms with van der Waals surface area (Å²) in [5.74, 6) is 0.241. The second kappa shape index (κ2) is 5.61. The molecule has 1 aliphatic rings. The van der Waals surface area contributed by atoms with Crippen molar-refractivity contribution in [2.45, 2.75) is 24.4 Å². The van der Waals surface area contributed by atoms with E-state index in [9.17, 15) is 9.59 Å². The summed E-state index contributed by atoms with van der Waals surface area (Å²) in [6.45, 7) is 2.00. The van der Waals surface area contributed by atoms with Gasteiger partial charge in [0.1, 0.15) is 5.82 Å². The first-order chi connectivity index (χ1) is 10.5. The molecule has 3 rings (SSSR count). The third kappa shape index (κ3) is 2.43. The van der Waals surface area contributed by atoms with Gasteiger partial charge in [-0.15, -0.1) is 0 Å². The van der Waals surface area contributed by atoms with Crippen LogP contribution in [0.1, 0.15) is 29.0 Å². The maximum Gasteiger partial charge on any atom is 0.279 e. The van der Waals surface area contributed by atoms with E-state index in [-0.39, 0.29) is 23.8 Å². The molecule has 2 heterocycles. The maximum atomic E-state index is 12.5. The Morgan fingerprint density at radius 3 is 2.82 bits per heavy atom. The number of hydrogen-bond donors (Lipinski definition) is 1. The molecule has 0 bridgehead atoms. The van der Waals surface area contributed by atoms with E-state index in [0.29, 0.717) is 16.5 Å². The molecule has 0 spiro atoms. The molecule has 0 aliphatic carbocycles. The number of nitrogens with zero attached hydrogens (tertiary/aromatic N) is 2. The van der Waals surface area contributed by atoms with Gasteiger partial charge in [0.05, 0.1) is 5.56 Å². The van der Waals surface area contributed by atoms with Crippen molar-refractivity contribution < 1.29 is 4.79 Å². The fourth-order valence-corrected chi connectivity index (χ4v) is 3.43. The average Bonchev–Trinajstić information content (AvgIpc) is 2.50. The van der Waals surface area contributed by atoms with Gasteiger partial charge in [0, 0.05) is 19.4 Å². The minimum Gasteiger partial charge on any atom is -0.312 e. The lowest BCUT2D eigenvalue weighted by Crippen LogP contribution is -2.33. The zero-order chi connectivity index (χ0) is 15.9. The number of carbonyl (C=O) groups is 1. The van der Waals surface area contributed by atoms with Gasteiger partial charge in [-0.1, -0.05) is 41.6 Å². The molecule has 0 saturated carbocycles. The number of amides is 1. The fraction of sp³-hybridized carbons (Fsp3) is 0.312. The number of anilines is 1. The molecule has 1 aliphatic heterocycles. The van der Waals surface area contributed by atoms with E-state index in [4.69, 9.17) is 0 Å². The fourth-order valence-electron chi connectivity index (χ4n) is 2.89. The second-order valence-electron chi connectivity index (χ2n) is 5.44.